The normalized spacial score (nSPS) is 16.9. The number of nitrogen functional groups attached to an aromatic ring is 1. The van der Waals surface area contributed by atoms with Crippen molar-refractivity contribution in [2.24, 2.45) is 0 Å². The highest BCUT2D eigenvalue weighted by Gasteiger charge is 2.23. The Kier molecular flexibility index (Phi) is 3.71. The number of H-pyrrole nitrogens is 1. The number of pyridine rings is 1. The summed E-state index contributed by atoms with van der Waals surface area (Å²) in [4.78, 5) is 14.9. The predicted molar refractivity (Wildman–Crippen MR) is 92.0 cm³/mol. The van der Waals surface area contributed by atoms with Crippen molar-refractivity contribution in [3.05, 3.63) is 54.0 Å². The second kappa shape index (κ2) is 6.01. The summed E-state index contributed by atoms with van der Waals surface area (Å²) in [6, 6.07) is 12.3. The van der Waals surface area contributed by atoms with E-state index in [2.05, 4.69) is 33.1 Å². The summed E-state index contributed by atoms with van der Waals surface area (Å²) in [6.07, 6.45) is 3.99. The summed E-state index contributed by atoms with van der Waals surface area (Å²) in [6.45, 7) is 3.01. The molecule has 0 unspecified atom stereocenters. The van der Waals surface area contributed by atoms with Gasteiger partial charge in [-0.3, -0.25) is 4.90 Å². The zero-order valence-corrected chi connectivity index (χ0v) is 13.1. The van der Waals surface area contributed by atoms with Crippen molar-refractivity contribution >= 4 is 16.9 Å². The number of aromatic nitrogens is 3. The number of likely N-dealkylation sites (tertiary alicyclic amines) is 1. The van der Waals surface area contributed by atoms with Crippen LogP contribution >= 0.6 is 0 Å². The standard InChI is InChI=1S/C18H21N5/c19-17-14(4-3-9-20-17)12-23-10-7-13(8-11-23)18-21-15-5-1-2-6-16(15)22-18/h1-6,9,13H,7-8,10-12H2,(H2,19,20)(H,21,22). The second-order valence-corrected chi connectivity index (χ2v) is 6.24. The minimum Gasteiger partial charge on any atom is -0.383 e. The van der Waals surface area contributed by atoms with Gasteiger partial charge in [-0.05, 0) is 44.1 Å². The number of nitrogens with one attached hydrogen (secondary N) is 1. The van der Waals surface area contributed by atoms with Gasteiger partial charge in [0.05, 0.1) is 11.0 Å². The summed E-state index contributed by atoms with van der Waals surface area (Å²) in [5.41, 5.74) is 9.26. The minimum absolute atomic E-state index is 0.518. The molecular formula is C18H21N5. The molecule has 0 atom stereocenters. The Bertz CT molecular complexity index is 769. The molecule has 1 aliphatic heterocycles. The van der Waals surface area contributed by atoms with E-state index in [1.807, 2.05) is 18.2 Å². The van der Waals surface area contributed by atoms with Gasteiger partial charge in [-0.25, -0.2) is 9.97 Å². The number of aromatic amines is 1. The summed E-state index contributed by atoms with van der Waals surface area (Å²) in [5.74, 6) is 2.29. The zero-order chi connectivity index (χ0) is 15.6. The van der Waals surface area contributed by atoms with Gasteiger partial charge in [0.2, 0.25) is 0 Å². The van der Waals surface area contributed by atoms with Gasteiger partial charge in [-0.15, -0.1) is 0 Å². The van der Waals surface area contributed by atoms with E-state index in [4.69, 9.17) is 10.7 Å². The second-order valence-electron chi connectivity index (χ2n) is 6.24. The molecule has 5 nitrogen and oxygen atoms in total. The summed E-state index contributed by atoms with van der Waals surface area (Å²) in [5, 5.41) is 0. The maximum atomic E-state index is 5.95. The van der Waals surface area contributed by atoms with Gasteiger partial charge >= 0.3 is 0 Å². The number of piperidine rings is 1. The Morgan fingerprint density at radius 2 is 1.96 bits per heavy atom. The van der Waals surface area contributed by atoms with E-state index < -0.39 is 0 Å². The molecule has 5 heteroatoms. The van der Waals surface area contributed by atoms with Crippen LogP contribution in [0.15, 0.2) is 42.6 Å². The predicted octanol–water partition coefficient (Wildman–Crippen LogP) is 2.92. The van der Waals surface area contributed by atoms with Crippen LogP contribution in [-0.4, -0.2) is 32.9 Å². The molecule has 3 N–H and O–H groups in total. The number of rotatable bonds is 3. The van der Waals surface area contributed by atoms with Crippen LogP contribution < -0.4 is 5.73 Å². The third kappa shape index (κ3) is 2.92. The number of imidazole rings is 1. The van der Waals surface area contributed by atoms with Crippen molar-refractivity contribution < 1.29 is 0 Å². The van der Waals surface area contributed by atoms with Gasteiger partial charge in [0, 0.05) is 24.2 Å². The number of para-hydroxylation sites is 2. The molecule has 2 aromatic heterocycles. The molecule has 0 saturated carbocycles. The molecule has 1 aliphatic rings. The van der Waals surface area contributed by atoms with E-state index >= 15 is 0 Å². The molecule has 1 fully saturated rings. The van der Waals surface area contributed by atoms with Gasteiger partial charge < -0.3 is 10.7 Å². The monoisotopic (exact) mass is 307 g/mol. The number of hydrogen-bond acceptors (Lipinski definition) is 4. The van der Waals surface area contributed by atoms with E-state index in [1.54, 1.807) is 6.20 Å². The van der Waals surface area contributed by atoms with Crippen LogP contribution in [0.4, 0.5) is 5.82 Å². The Hall–Kier alpha value is -2.40. The van der Waals surface area contributed by atoms with Crippen molar-refractivity contribution in [2.75, 3.05) is 18.8 Å². The molecule has 1 saturated heterocycles. The van der Waals surface area contributed by atoms with Crippen LogP contribution in [0.25, 0.3) is 11.0 Å². The third-order valence-electron chi connectivity index (χ3n) is 4.70. The number of benzene rings is 1. The van der Waals surface area contributed by atoms with E-state index in [0.29, 0.717) is 11.7 Å². The molecule has 4 rings (SSSR count). The summed E-state index contributed by atoms with van der Waals surface area (Å²) >= 11 is 0. The highest BCUT2D eigenvalue weighted by Crippen LogP contribution is 2.28. The molecule has 0 bridgehead atoms. The van der Waals surface area contributed by atoms with Crippen molar-refractivity contribution in [3.63, 3.8) is 0 Å². The quantitative estimate of drug-likeness (QED) is 0.780. The smallest absolute Gasteiger partial charge is 0.127 e. The average molecular weight is 307 g/mol. The van der Waals surface area contributed by atoms with Crippen LogP contribution in [0.3, 0.4) is 0 Å². The van der Waals surface area contributed by atoms with Gasteiger partial charge in [0.1, 0.15) is 11.6 Å². The summed E-state index contributed by atoms with van der Waals surface area (Å²) < 4.78 is 0. The SMILES string of the molecule is Nc1ncccc1CN1CCC(c2nc3ccccc3[nH]2)CC1. The van der Waals surface area contributed by atoms with E-state index in [-0.39, 0.29) is 0 Å². The molecule has 3 aromatic rings. The molecule has 1 aromatic carbocycles. The first kappa shape index (κ1) is 14.2. The number of hydrogen-bond donors (Lipinski definition) is 2. The fourth-order valence-corrected chi connectivity index (χ4v) is 3.36. The Morgan fingerprint density at radius 1 is 1.13 bits per heavy atom. The molecule has 0 spiro atoms. The zero-order valence-electron chi connectivity index (χ0n) is 13.1. The van der Waals surface area contributed by atoms with Gasteiger partial charge in [0.15, 0.2) is 0 Å². The first-order valence-electron chi connectivity index (χ1n) is 8.16. The molecule has 23 heavy (non-hydrogen) atoms. The van der Waals surface area contributed by atoms with Crippen molar-refractivity contribution in [1.29, 1.82) is 0 Å². The van der Waals surface area contributed by atoms with E-state index in [0.717, 1.165) is 54.9 Å². The fourth-order valence-electron chi connectivity index (χ4n) is 3.36. The average Bonchev–Trinajstić information content (AvgIpc) is 3.02. The van der Waals surface area contributed by atoms with E-state index in [1.165, 1.54) is 0 Å². The van der Waals surface area contributed by atoms with Crippen LogP contribution in [-0.2, 0) is 6.54 Å². The summed E-state index contributed by atoms with van der Waals surface area (Å²) in [7, 11) is 0. The molecule has 0 radical (unpaired) electrons. The minimum atomic E-state index is 0.518. The highest BCUT2D eigenvalue weighted by atomic mass is 15.1. The maximum absolute atomic E-state index is 5.95. The number of fused-ring (bicyclic) bond motifs is 1. The van der Waals surface area contributed by atoms with Crippen molar-refractivity contribution in [2.45, 2.75) is 25.3 Å². The third-order valence-corrected chi connectivity index (χ3v) is 4.70. The molecule has 3 heterocycles. The van der Waals surface area contributed by atoms with Crippen LogP contribution in [0.1, 0.15) is 30.1 Å². The number of anilines is 1. The molecular weight excluding hydrogens is 286 g/mol. The highest BCUT2D eigenvalue weighted by molar-refractivity contribution is 5.74. The number of nitrogens with two attached hydrogens (primary N) is 1. The first-order chi connectivity index (χ1) is 11.3. The van der Waals surface area contributed by atoms with Crippen LogP contribution in [0.5, 0.6) is 0 Å². The van der Waals surface area contributed by atoms with Crippen LogP contribution in [0, 0.1) is 0 Å². The fraction of sp³-hybridized carbons (Fsp3) is 0.333. The molecule has 118 valence electrons. The lowest BCUT2D eigenvalue weighted by atomic mass is 9.96. The van der Waals surface area contributed by atoms with Gasteiger partial charge in [-0.1, -0.05) is 18.2 Å². The first-order valence-corrected chi connectivity index (χ1v) is 8.16. The maximum Gasteiger partial charge on any atom is 0.127 e. The molecule has 0 amide bonds. The lowest BCUT2D eigenvalue weighted by Gasteiger charge is -2.31. The Labute approximate surface area is 135 Å². The van der Waals surface area contributed by atoms with Crippen molar-refractivity contribution in [1.82, 2.24) is 19.9 Å². The Morgan fingerprint density at radius 3 is 2.74 bits per heavy atom. The molecule has 0 aliphatic carbocycles. The van der Waals surface area contributed by atoms with Crippen LogP contribution in [0.2, 0.25) is 0 Å². The van der Waals surface area contributed by atoms with Gasteiger partial charge in [-0.2, -0.15) is 0 Å². The van der Waals surface area contributed by atoms with Gasteiger partial charge in [0.25, 0.3) is 0 Å². The number of nitrogens with zero attached hydrogens (tertiary/aromatic N) is 3. The van der Waals surface area contributed by atoms with Crippen molar-refractivity contribution in [3.8, 4) is 0 Å². The topological polar surface area (TPSA) is 70.8 Å². The largest absolute Gasteiger partial charge is 0.383 e. The lowest BCUT2D eigenvalue weighted by molar-refractivity contribution is 0.202. The Balaban J connectivity index is 1.41. The lowest BCUT2D eigenvalue weighted by Crippen LogP contribution is -2.33. The van der Waals surface area contributed by atoms with E-state index in [9.17, 15) is 0 Å².